The largest absolute Gasteiger partial charge is 0.497 e. The topological polar surface area (TPSA) is 73.1 Å². The summed E-state index contributed by atoms with van der Waals surface area (Å²) in [4.78, 5) is 31.9. The van der Waals surface area contributed by atoms with Crippen LogP contribution in [-0.4, -0.2) is 47.3 Å². The Morgan fingerprint density at radius 2 is 1.74 bits per heavy atom. The fourth-order valence-corrected chi connectivity index (χ4v) is 5.03. The first-order chi connectivity index (χ1) is 16.9. The zero-order valence-corrected chi connectivity index (χ0v) is 21.2. The third kappa shape index (κ3) is 4.88. The summed E-state index contributed by atoms with van der Waals surface area (Å²) in [6.45, 7) is 6.50. The first-order valence-corrected chi connectivity index (χ1v) is 12.0. The molecule has 0 bridgehead atoms. The molecule has 0 radical (unpaired) electrons. The number of nitrogens with zero attached hydrogens (tertiary/aromatic N) is 3. The molecule has 3 aromatic rings. The number of esters is 1. The van der Waals surface area contributed by atoms with E-state index in [9.17, 15) is 9.59 Å². The van der Waals surface area contributed by atoms with Crippen LogP contribution in [0.4, 0.5) is 5.69 Å². The van der Waals surface area contributed by atoms with Crippen LogP contribution in [0, 0.1) is 13.8 Å². The van der Waals surface area contributed by atoms with E-state index in [1.54, 1.807) is 24.1 Å². The lowest BCUT2D eigenvalue weighted by molar-refractivity contribution is -0.122. The fourth-order valence-electron chi connectivity index (χ4n) is 3.97. The van der Waals surface area contributed by atoms with Gasteiger partial charge in [0.25, 0.3) is 5.91 Å². The van der Waals surface area contributed by atoms with Gasteiger partial charge in [0.1, 0.15) is 5.75 Å². The van der Waals surface area contributed by atoms with E-state index >= 15 is 0 Å². The predicted molar refractivity (Wildman–Crippen MR) is 140 cm³/mol. The molecule has 1 aliphatic heterocycles. The number of amides is 1. The van der Waals surface area contributed by atoms with Crippen molar-refractivity contribution >= 4 is 40.6 Å². The van der Waals surface area contributed by atoms with E-state index in [4.69, 9.17) is 14.5 Å². The van der Waals surface area contributed by atoms with Gasteiger partial charge in [0.2, 0.25) is 0 Å². The van der Waals surface area contributed by atoms with Crippen LogP contribution in [0.1, 0.15) is 34.2 Å². The highest BCUT2D eigenvalue weighted by Gasteiger charge is 2.32. The van der Waals surface area contributed by atoms with Gasteiger partial charge in [0, 0.05) is 23.6 Å². The van der Waals surface area contributed by atoms with Crippen LogP contribution in [0.3, 0.4) is 0 Å². The smallest absolute Gasteiger partial charge is 0.337 e. The lowest BCUT2D eigenvalue weighted by Crippen LogP contribution is -2.28. The molecule has 7 nitrogen and oxygen atoms in total. The molecule has 8 heteroatoms. The number of hydrogen-bond acceptors (Lipinski definition) is 6. The molecular weight excluding hydrogens is 462 g/mol. The first-order valence-electron chi connectivity index (χ1n) is 11.2. The van der Waals surface area contributed by atoms with Crippen LogP contribution >= 0.6 is 11.8 Å². The molecule has 1 fully saturated rings. The Balaban J connectivity index is 1.64. The average Bonchev–Trinajstić information content (AvgIpc) is 3.32. The molecule has 0 spiro atoms. The van der Waals surface area contributed by atoms with Crippen molar-refractivity contribution in [2.45, 2.75) is 20.8 Å². The molecule has 35 heavy (non-hydrogen) atoms. The molecule has 0 atom stereocenters. The normalized spacial score (nSPS) is 15.8. The molecule has 0 N–H and O–H groups in total. The van der Waals surface area contributed by atoms with Crippen molar-refractivity contribution in [3.8, 4) is 11.4 Å². The summed E-state index contributed by atoms with van der Waals surface area (Å²) in [7, 11) is 2.99. The van der Waals surface area contributed by atoms with Crippen LogP contribution in [-0.2, 0) is 9.53 Å². The van der Waals surface area contributed by atoms with E-state index in [0.29, 0.717) is 22.2 Å². The van der Waals surface area contributed by atoms with Crippen LogP contribution in [0.2, 0.25) is 0 Å². The standard InChI is InChI=1S/C27H27N3O4S/c1-6-29-25(31)24(35-27(29)28-21-9-13-23(33-4)14-10-21)16-20-15-17(2)30(18(20)3)22-11-7-19(8-12-22)26(32)34-5/h7-16H,6H2,1-5H3/b24-16+,28-27?. The molecule has 180 valence electrons. The van der Waals surface area contributed by atoms with Crippen LogP contribution < -0.4 is 4.74 Å². The Bertz CT molecular complexity index is 1320. The molecular formula is C27H27N3O4S. The molecule has 4 rings (SSSR count). The summed E-state index contributed by atoms with van der Waals surface area (Å²) in [5.74, 6) is 0.330. The van der Waals surface area contributed by atoms with E-state index in [2.05, 4.69) is 10.6 Å². The van der Waals surface area contributed by atoms with E-state index in [1.807, 2.05) is 63.2 Å². The van der Waals surface area contributed by atoms with Crippen LogP contribution in [0.5, 0.6) is 5.75 Å². The summed E-state index contributed by atoms with van der Waals surface area (Å²) in [6.07, 6.45) is 1.92. The Morgan fingerprint density at radius 3 is 2.34 bits per heavy atom. The van der Waals surface area contributed by atoms with Gasteiger partial charge in [-0.05, 0) is 98.8 Å². The average molecular weight is 490 g/mol. The maximum absolute atomic E-state index is 13.1. The van der Waals surface area contributed by atoms with Gasteiger partial charge in [-0.3, -0.25) is 9.69 Å². The molecule has 2 aromatic carbocycles. The van der Waals surface area contributed by atoms with Crippen molar-refractivity contribution < 1.29 is 19.1 Å². The highest BCUT2D eigenvalue weighted by Crippen LogP contribution is 2.35. The lowest BCUT2D eigenvalue weighted by atomic mass is 10.2. The number of carbonyl (C=O) groups is 2. The second-order valence-corrected chi connectivity index (χ2v) is 8.96. The van der Waals surface area contributed by atoms with E-state index in [1.165, 1.54) is 18.9 Å². The Labute approximate surface area is 209 Å². The molecule has 1 amide bonds. The number of methoxy groups -OCH3 is 2. The molecule has 0 aliphatic carbocycles. The minimum atomic E-state index is -0.368. The third-order valence-electron chi connectivity index (χ3n) is 5.80. The monoisotopic (exact) mass is 489 g/mol. The van der Waals surface area contributed by atoms with Gasteiger partial charge in [-0.1, -0.05) is 0 Å². The number of benzene rings is 2. The number of likely N-dealkylation sites (N-methyl/N-ethyl adjacent to an activating group) is 1. The van der Waals surface area contributed by atoms with Crippen molar-refractivity contribution in [1.82, 2.24) is 9.47 Å². The molecule has 0 saturated carbocycles. The van der Waals surface area contributed by atoms with Crippen molar-refractivity contribution in [3.63, 3.8) is 0 Å². The molecule has 1 aliphatic rings. The van der Waals surface area contributed by atoms with Gasteiger partial charge in [-0.2, -0.15) is 0 Å². The summed E-state index contributed by atoms with van der Waals surface area (Å²) in [5, 5.41) is 0.654. The Morgan fingerprint density at radius 1 is 1.06 bits per heavy atom. The molecule has 0 unspecified atom stereocenters. The summed E-state index contributed by atoms with van der Waals surface area (Å²) in [6, 6.07) is 16.7. The van der Waals surface area contributed by atoms with Crippen molar-refractivity contribution in [2.24, 2.45) is 4.99 Å². The molecule has 2 heterocycles. The van der Waals surface area contributed by atoms with Gasteiger partial charge in [0.15, 0.2) is 5.17 Å². The number of aromatic nitrogens is 1. The van der Waals surface area contributed by atoms with Gasteiger partial charge >= 0.3 is 5.97 Å². The summed E-state index contributed by atoms with van der Waals surface area (Å²) < 4.78 is 12.1. The van der Waals surface area contributed by atoms with Crippen molar-refractivity contribution in [3.05, 3.63) is 82.0 Å². The zero-order valence-electron chi connectivity index (χ0n) is 20.4. The van der Waals surface area contributed by atoms with E-state index in [0.717, 1.165) is 34.1 Å². The van der Waals surface area contributed by atoms with Crippen molar-refractivity contribution in [2.75, 3.05) is 20.8 Å². The molecule has 1 saturated heterocycles. The highest BCUT2D eigenvalue weighted by atomic mass is 32.2. The van der Waals surface area contributed by atoms with Gasteiger partial charge in [-0.25, -0.2) is 9.79 Å². The molecule has 1 aromatic heterocycles. The lowest BCUT2D eigenvalue weighted by Gasteiger charge is -2.12. The number of amidine groups is 1. The third-order valence-corrected chi connectivity index (χ3v) is 6.81. The second-order valence-electron chi connectivity index (χ2n) is 7.95. The number of rotatable bonds is 6. The minimum absolute atomic E-state index is 0.0583. The van der Waals surface area contributed by atoms with Crippen LogP contribution in [0.25, 0.3) is 11.8 Å². The van der Waals surface area contributed by atoms with E-state index < -0.39 is 0 Å². The van der Waals surface area contributed by atoms with Crippen molar-refractivity contribution in [1.29, 1.82) is 0 Å². The quantitative estimate of drug-likeness (QED) is 0.337. The maximum Gasteiger partial charge on any atom is 0.337 e. The SMILES string of the molecule is CCN1C(=O)/C(=C\c2cc(C)n(-c3ccc(C(=O)OC)cc3)c2C)SC1=Nc1ccc(OC)cc1. The first kappa shape index (κ1) is 24.3. The number of hydrogen-bond donors (Lipinski definition) is 0. The summed E-state index contributed by atoms with van der Waals surface area (Å²) >= 11 is 1.37. The second kappa shape index (κ2) is 10.2. The zero-order chi connectivity index (χ0) is 25.1. The number of aliphatic imine (C=N–C) groups is 1. The number of ether oxygens (including phenoxy) is 2. The van der Waals surface area contributed by atoms with Gasteiger partial charge < -0.3 is 14.0 Å². The summed E-state index contributed by atoms with van der Waals surface area (Å²) in [5.41, 5.74) is 5.16. The van der Waals surface area contributed by atoms with Gasteiger partial charge in [0.05, 0.1) is 30.4 Å². The van der Waals surface area contributed by atoms with Gasteiger partial charge in [-0.15, -0.1) is 0 Å². The minimum Gasteiger partial charge on any atom is -0.497 e. The Hall–Kier alpha value is -3.78. The maximum atomic E-state index is 13.1. The number of aryl methyl sites for hydroxylation is 1. The number of thioether (sulfide) groups is 1. The number of carbonyl (C=O) groups excluding carboxylic acids is 2. The fraction of sp³-hybridized carbons (Fsp3) is 0.222. The predicted octanol–water partition coefficient (Wildman–Crippen LogP) is 5.51. The highest BCUT2D eigenvalue weighted by molar-refractivity contribution is 8.18. The van der Waals surface area contributed by atoms with E-state index in [-0.39, 0.29) is 11.9 Å². The van der Waals surface area contributed by atoms with Crippen LogP contribution in [0.15, 0.2) is 64.5 Å². The Kier molecular flexibility index (Phi) is 7.12.